The van der Waals surface area contributed by atoms with E-state index in [0.717, 1.165) is 28.8 Å². The van der Waals surface area contributed by atoms with E-state index in [2.05, 4.69) is 26.1 Å². The predicted molar refractivity (Wildman–Crippen MR) is 113 cm³/mol. The molecule has 7 heteroatoms. The molecule has 0 unspecified atom stereocenters. The van der Waals surface area contributed by atoms with Gasteiger partial charge in [-0.05, 0) is 42.0 Å². The number of carbonyl (C=O) groups excluding carboxylic acids is 2. The minimum Gasteiger partial charge on any atom is -0.465 e. The molecule has 1 saturated heterocycles. The van der Waals surface area contributed by atoms with Crippen LogP contribution in [0.15, 0.2) is 53.0 Å². The van der Waals surface area contributed by atoms with Crippen LogP contribution in [-0.2, 0) is 14.3 Å². The summed E-state index contributed by atoms with van der Waals surface area (Å²) in [6, 6.07) is 12.9. The first kappa shape index (κ1) is 20.1. The molecule has 1 fully saturated rings. The second kappa shape index (κ2) is 9.52. The fourth-order valence-corrected chi connectivity index (χ4v) is 3.31. The third kappa shape index (κ3) is 5.21. The van der Waals surface area contributed by atoms with E-state index < -0.39 is 5.97 Å². The lowest BCUT2D eigenvalue weighted by Gasteiger charge is -2.29. The summed E-state index contributed by atoms with van der Waals surface area (Å²) in [6.45, 7) is 2.79. The smallest absolute Gasteiger partial charge is 0.340 e. The van der Waals surface area contributed by atoms with E-state index in [0.29, 0.717) is 24.5 Å². The van der Waals surface area contributed by atoms with Crippen molar-refractivity contribution < 1.29 is 19.1 Å². The highest BCUT2D eigenvalue weighted by atomic mass is 79.9. The Kier molecular flexibility index (Phi) is 6.84. The molecule has 2 aromatic carbocycles. The molecule has 0 saturated carbocycles. The minimum atomic E-state index is -0.499. The van der Waals surface area contributed by atoms with Gasteiger partial charge in [-0.15, -0.1) is 0 Å². The van der Waals surface area contributed by atoms with Crippen LogP contribution in [0.3, 0.4) is 0 Å². The van der Waals surface area contributed by atoms with Crippen LogP contribution in [0.5, 0.6) is 0 Å². The summed E-state index contributed by atoms with van der Waals surface area (Å²) < 4.78 is 11.2. The Hall–Kier alpha value is -2.64. The van der Waals surface area contributed by atoms with Crippen LogP contribution >= 0.6 is 15.9 Å². The summed E-state index contributed by atoms with van der Waals surface area (Å²) in [6.07, 6.45) is 3.14. The Morgan fingerprint density at radius 3 is 2.68 bits per heavy atom. The number of anilines is 2. The van der Waals surface area contributed by atoms with Gasteiger partial charge in [0.15, 0.2) is 0 Å². The van der Waals surface area contributed by atoms with Crippen LogP contribution in [0.25, 0.3) is 6.08 Å². The molecule has 3 rings (SSSR count). The number of morpholine rings is 1. The van der Waals surface area contributed by atoms with Crippen molar-refractivity contribution >= 4 is 45.3 Å². The minimum absolute atomic E-state index is 0.315. The molecule has 0 bridgehead atoms. The Bertz CT molecular complexity index is 892. The van der Waals surface area contributed by atoms with Gasteiger partial charge in [0.05, 0.1) is 31.6 Å². The SMILES string of the molecule is COC(=O)c1cc(N2CCOCC2)ccc1NC(=O)/C=C/c1cccc(Br)c1. The molecule has 0 spiro atoms. The molecule has 1 aliphatic rings. The van der Waals surface area contributed by atoms with Gasteiger partial charge in [-0.3, -0.25) is 4.79 Å². The Morgan fingerprint density at radius 1 is 1.18 bits per heavy atom. The molecule has 0 aliphatic carbocycles. The first-order valence-corrected chi connectivity index (χ1v) is 9.66. The number of rotatable bonds is 5. The summed E-state index contributed by atoms with van der Waals surface area (Å²) in [5, 5.41) is 2.76. The molecule has 2 aromatic rings. The number of carbonyl (C=O) groups is 2. The summed E-state index contributed by atoms with van der Waals surface area (Å²) >= 11 is 3.40. The standard InChI is InChI=1S/C21H21BrN2O4/c1-27-21(26)18-14-17(24-9-11-28-12-10-24)6-7-19(18)23-20(25)8-5-15-3-2-4-16(22)13-15/h2-8,13-14H,9-12H2,1H3,(H,23,25)/b8-5+. The van der Waals surface area contributed by atoms with Gasteiger partial charge in [0.1, 0.15) is 0 Å². The van der Waals surface area contributed by atoms with E-state index >= 15 is 0 Å². The monoisotopic (exact) mass is 444 g/mol. The van der Waals surface area contributed by atoms with Gasteiger partial charge in [-0.1, -0.05) is 28.1 Å². The van der Waals surface area contributed by atoms with E-state index in [4.69, 9.17) is 9.47 Å². The molecular weight excluding hydrogens is 424 g/mol. The first-order chi connectivity index (χ1) is 13.6. The number of methoxy groups -OCH3 is 1. The van der Waals surface area contributed by atoms with E-state index in [-0.39, 0.29) is 5.91 Å². The summed E-state index contributed by atoms with van der Waals surface area (Å²) in [7, 11) is 1.32. The van der Waals surface area contributed by atoms with E-state index in [9.17, 15) is 9.59 Å². The van der Waals surface area contributed by atoms with Crippen LogP contribution in [0.2, 0.25) is 0 Å². The zero-order valence-electron chi connectivity index (χ0n) is 15.5. The van der Waals surface area contributed by atoms with Crippen molar-refractivity contribution in [2.45, 2.75) is 0 Å². The molecule has 1 aliphatic heterocycles. The van der Waals surface area contributed by atoms with Crippen LogP contribution in [0.1, 0.15) is 15.9 Å². The number of esters is 1. The summed E-state index contributed by atoms with van der Waals surface area (Å²) in [5.74, 6) is -0.828. The van der Waals surface area contributed by atoms with Crippen molar-refractivity contribution in [3.8, 4) is 0 Å². The molecular formula is C21H21BrN2O4. The van der Waals surface area contributed by atoms with Gasteiger partial charge in [0, 0.05) is 29.3 Å². The normalized spacial score (nSPS) is 14.1. The molecule has 1 amide bonds. The molecule has 0 radical (unpaired) electrons. The number of ether oxygens (including phenoxy) is 2. The molecule has 28 heavy (non-hydrogen) atoms. The van der Waals surface area contributed by atoms with Crippen molar-refractivity contribution in [3.63, 3.8) is 0 Å². The lowest BCUT2D eigenvalue weighted by molar-refractivity contribution is -0.111. The van der Waals surface area contributed by atoms with Crippen LogP contribution in [-0.4, -0.2) is 45.3 Å². The van der Waals surface area contributed by atoms with Crippen molar-refractivity contribution in [1.29, 1.82) is 0 Å². The van der Waals surface area contributed by atoms with Crippen LogP contribution in [0, 0.1) is 0 Å². The van der Waals surface area contributed by atoms with Crippen molar-refractivity contribution in [2.75, 3.05) is 43.6 Å². The zero-order chi connectivity index (χ0) is 19.9. The Balaban J connectivity index is 1.78. The second-order valence-corrected chi connectivity index (χ2v) is 7.11. The van der Waals surface area contributed by atoms with Crippen LogP contribution in [0.4, 0.5) is 11.4 Å². The van der Waals surface area contributed by atoms with Gasteiger partial charge >= 0.3 is 5.97 Å². The lowest BCUT2D eigenvalue weighted by Crippen LogP contribution is -2.36. The first-order valence-electron chi connectivity index (χ1n) is 8.86. The predicted octanol–water partition coefficient (Wildman–Crippen LogP) is 3.72. The zero-order valence-corrected chi connectivity index (χ0v) is 17.1. The highest BCUT2D eigenvalue weighted by Crippen LogP contribution is 2.25. The molecule has 0 atom stereocenters. The number of nitrogens with one attached hydrogen (secondary N) is 1. The number of hydrogen-bond donors (Lipinski definition) is 1. The fourth-order valence-electron chi connectivity index (χ4n) is 2.89. The maximum Gasteiger partial charge on any atom is 0.340 e. The number of halogens is 1. The average molecular weight is 445 g/mol. The largest absolute Gasteiger partial charge is 0.465 e. The fraction of sp³-hybridized carbons (Fsp3) is 0.238. The highest BCUT2D eigenvalue weighted by molar-refractivity contribution is 9.10. The number of hydrogen-bond acceptors (Lipinski definition) is 5. The van der Waals surface area contributed by atoms with Gasteiger partial charge in [0.2, 0.25) is 5.91 Å². The van der Waals surface area contributed by atoms with Crippen molar-refractivity contribution in [3.05, 3.63) is 64.1 Å². The van der Waals surface area contributed by atoms with Crippen molar-refractivity contribution in [1.82, 2.24) is 0 Å². The highest BCUT2D eigenvalue weighted by Gasteiger charge is 2.18. The maximum absolute atomic E-state index is 12.3. The molecule has 1 N–H and O–H groups in total. The Morgan fingerprint density at radius 2 is 1.96 bits per heavy atom. The van der Waals surface area contributed by atoms with Crippen LogP contribution < -0.4 is 10.2 Å². The average Bonchev–Trinajstić information content (AvgIpc) is 2.72. The quantitative estimate of drug-likeness (QED) is 0.562. The molecule has 0 aromatic heterocycles. The maximum atomic E-state index is 12.3. The molecule has 6 nitrogen and oxygen atoms in total. The number of nitrogens with zero attached hydrogens (tertiary/aromatic N) is 1. The summed E-state index contributed by atoms with van der Waals surface area (Å²) in [4.78, 5) is 26.7. The van der Waals surface area contributed by atoms with E-state index in [1.807, 2.05) is 30.3 Å². The van der Waals surface area contributed by atoms with Crippen molar-refractivity contribution in [2.24, 2.45) is 0 Å². The second-order valence-electron chi connectivity index (χ2n) is 6.20. The van der Waals surface area contributed by atoms with E-state index in [1.165, 1.54) is 13.2 Å². The third-order valence-corrected chi connectivity index (χ3v) is 4.81. The van der Waals surface area contributed by atoms with Gasteiger partial charge in [-0.2, -0.15) is 0 Å². The lowest BCUT2D eigenvalue weighted by atomic mass is 10.1. The Labute approximate surface area is 172 Å². The van der Waals surface area contributed by atoms with Gasteiger partial charge in [-0.25, -0.2) is 4.79 Å². The van der Waals surface area contributed by atoms with Gasteiger partial charge in [0.25, 0.3) is 0 Å². The van der Waals surface area contributed by atoms with Gasteiger partial charge < -0.3 is 19.7 Å². The summed E-state index contributed by atoms with van der Waals surface area (Å²) in [5.41, 5.74) is 2.51. The third-order valence-electron chi connectivity index (χ3n) is 4.32. The topological polar surface area (TPSA) is 67.9 Å². The molecule has 146 valence electrons. The number of amides is 1. The number of benzene rings is 2. The molecule has 1 heterocycles. The van der Waals surface area contributed by atoms with E-state index in [1.54, 1.807) is 18.2 Å².